The minimum Gasteiger partial charge on any atom is -0.469 e. The molecule has 0 saturated carbocycles. The molecule has 1 unspecified atom stereocenters. The predicted octanol–water partition coefficient (Wildman–Crippen LogP) is 4.33. The molecule has 4 heteroatoms. The Bertz CT molecular complexity index is 612. The second-order valence-corrected chi connectivity index (χ2v) is 7.41. The normalized spacial score (nSPS) is 20.9. The zero-order chi connectivity index (χ0) is 14.3. The molecule has 2 aromatic rings. The molecule has 1 aliphatic carbocycles. The maximum Gasteiger partial charge on any atom is 0.127 e. The number of aromatic nitrogens is 1. The first-order chi connectivity index (χ1) is 9.50. The lowest BCUT2D eigenvalue weighted by atomic mass is 9.76. The van der Waals surface area contributed by atoms with Crippen LogP contribution in [0.2, 0.25) is 0 Å². The monoisotopic (exact) mass is 290 g/mol. The second-order valence-electron chi connectivity index (χ2n) is 6.38. The minimum atomic E-state index is 0.316. The fraction of sp³-hybridized carbons (Fsp3) is 0.562. The lowest BCUT2D eigenvalue weighted by molar-refractivity contribution is 0.260. The van der Waals surface area contributed by atoms with Crippen molar-refractivity contribution in [3.63, 3.8) is 0 Å². The predicted molar refractivity (Wildman–Crippen MR) is 83.1 cm³/mol. The largest absolute Gasteiger partial charge is 0.469 e. The van der Waals surface area contributed by atoms with Crippen molar-refractivity contribution in [1.29, 1.82) is 0 Å². The number of rotatable bonds is 3. The number of furan rings is 1. The van der Waals surface area contributed by atoms with E-state index in [1.54, 1.807) is 6.26 Å². The zero-order valence-corrected chi connectivity index (χ0v) is 13.4. The molecule has 0 aliphatic heterocycles. The van der Waals surface area contributed by atoms with Crippen molar-refractivity contribution < 1.29 is 4.42 Å². The van der Waals surface area contributed by atoms with Gasteiger partial charge in [-0.2, -0.15) is 0 Å². The Balaban J connectivity index is 2.02. The van der Waals surface area contributed by atoms with Crippen LogP contribution in [-0.2, 0) is 6.42 Å². The molecule has 0 aromatic carbocycles. The number of nitrogens with one attached hydrogen (secondary N) is 1. The van der Waals surface area contributed by atoms with E-state index < -0.39 is 0 Å². The third-order valence-corrected chi connectivity index (χ3v) is 5.23. The summed E-state index contributed by atoms with van der Waals surface area (Å²) in [6.07, 6.45) is 3.99. The highest BCUT2D eigenvalue weighted by Crippen LogP contribution is 2.45. The number of thiazole rings is 1. The third kappa shape index (κ3) is 2.42. The summed E-state index contributed by atoms with van der Waals surface area (Å²) in [6.45, 7) is 9.84. The van der Waals surface area contributed by atoms with E-state index in [-0.39, 0.29) is 0 Å². The van der Waals surface area contributed by atoms with E-state index in [1.165, 1.54) is 17.0 Å². The van der Waals surface area contributed by atoms with Crippen LogP contribution >= 0.6 is 11.3 Å². The van der Waals surface area contributed by atoms with Gasteiger partial charge >= 0.3 is 0 Å². The van der Waals surface area contributed by atoms with Crippen molar-refractivity contribution in [2.24, 2.45) is 5.41 Å². The molecule has 0 saturated heterocycles. The Morgan fingerprint density at radius 1 is 1.50 bits per heavy atom. The van der Waals surface area contributed by atoms with Gasteiger partial charge in [0.15, 0.2) is 0 Å². The van der Waals surface area contributed by atoms with Gasteiger partial charge in [-0.05, 0) is 37.8 Å². The summed E-state index contributed by atoms with van der Waals surface area (Å²) < 4.78 is 5.42. The van der Waals surface area contributed by atoms with E-state index >= 15 is 0 Å². The summed E-state index contributed by atoms with van der Waals surface area (Å²) in [7, 11) is 0. The molecule has 3 nitrogen and oxygen atoms in total. The molecular formula is C16H22N2OS. The molecule has 0 amide bonds. The van der Waals surface area contributed by atoms with E-state index in [1.807, 2.05) is 24.3 Å². The van der Waals surface area contributed by atoms with E-state index in [2.05, 4.69) is 26.1 Å². The Hall–Kier alpha value is -1.13. The molecule has 108 valence electrons. The molecule has 2 aromatic heterocycles. The summed E-state index contributed by atoms with van der Waals surface area (Å²) in [5, 5.41) is 4.72. The van der Waals surface area contributed by atoms with E-state index in [0.29, 0.717) is 11.5 Å². The van der Waals surface area contributed by atoms with Crippen LogP contribution in [0, 0.1) is 12.3 Å². The smallest absolute Gasteiger partial charge is 0.127 e. The van der Waals surface area contributed by atoms with Gasteiger partial charge in [-0.1, -0.05) is 20.8 Å². The Kier molecular flexibility index (Phi) is 3.46. The first kappa shape index (κ1) is 13.8. The Morgan fingerprint density at radius 2 is 2.30 bits per heavy atom. The maximum atomic E-state index is 5.42. The van der Waals surface area contributed by atoms with Gasteiger partial charge in [0.25, 0.3) is 0 Å². The van der Waals surface area contributed by atoms with Crippen LogP contribution in [0.4, 0.5) is 0 Å². The van der Waals surface area contributed by atoms with Crippen LogP contribution in [0.3, 0.4) is 0 Å². The summed E-state index contributed by atoms with van der Waals surface area (Å²) in [6, 6.07) is 2.46. The lowest BCUT2D eigenvalue weighted by Crippen LogP contribution is -2.32. The van der Waals surface area contributed by atoms with Gasteiger partial charge in [-0.25, -0.2) is 4.98 Å². The molecule has 1 atom stereocenters. The molecule has 1 aliphatic rings. The Morgan fingerprint density at radius 3 is 2.95 bits per heavy atom. The van der Waals surface area contributed by atoms with Crippen molar-refractivity contribution in [3.05, 3.63) is 28.7 Å². The molecule has 0 bridgehead atoms. The quantitative estimate of drug-likeness (QED) is 0.914. The zero-order valence-electron chi connectivity index (χ0n) is 12.6. The van der Waals surface area contributed by atoms with E-state index in [9.17, 15) is 0 Å². The van der Waals surface area contributed by atoms with Crippen molar-refractivity contribution in [2.45, 2.75) is 46.6 Å². The Labute approximate surface area is 124 Å². The number of hydrogen-bond acceptors (Lipinski definition) is 4. The minimum absolute atomic E-state index is 0.316. The number of hydrogen-bond donors (Lipinski definition) is 1. The highest BCUT2D eigenvalue weighted by Gasteiger charge is 2.34. The van der Waals surface area contributed by atoms with Gasteiger partial charge < -0.3 is 9.73 Å². The average Bonchev–Trinajstić information content (AvgIpc) is 2.93. The topological polar surface area (TPSA) is 38.1 Å². The molecule has 2 heterocycles. The highest BCUT2D eigenvalue weighted by molar-refractivity contribution is 7.15. The van der Waals surface area contributed by atoms with Gasteiger partial charge in [0.1, 0.15) is 10.8 Å². The van der Waals surface area contributed by atoms with Gasteiger partial charge in [0.2, 0.25) is 0 Å². The third-order valence-electron chi connectivity index (χ3n) is 3.99. The molecule has 0 fully saturated rings. The van der Waals surface area contributed by atoms with Crippen LogP contribution in [0.5, 0.6) is 0 Å². The van der Waals surface area contributed by atoms with Crippen LogP contribution in [0.1, 0.15) is 49.6 Å². The highest BCUT2D eigenvalue weighted by atomic mass is 32.1. The first-order valence-corrected chi connectivity index (χ1v) is 8.09. The summed E-state index contributed by atoms with van der Waals surface area (Å²) in [5.41, 5.74) is 2.72. The van der Waals surface area contributed by atoms with Crippen LogP contribution in [0.25, 0.3) is 10.6 Å². The summed E-state index contributed by atoms with van der Waals surface area (Å²) >= 11 is 1.82. The number of nitrogens with zero attached hydrogens (tertiary/aromatic N) is 1. The van der Waals surface area contributed by atoms with Crippen LogP contribution < -0.4 is 5.32 Å². The fourth-order valence-corrected chi connectivity index (χ4v) is 4.30. The van der Waals surface area contributed by atoms with Crippen molar-refractivity contribution >= 4 is 11.3 Å². The number of fused-ring (bicyclic) bond motifs is 1. The standard InChI is InChI=1S/C16H22N2OS/c1-5-17-12-8-16(3,4)9-13-14(12)20-15(18-13)11-6-7-19-10(11)2/h6-7,12,17H,5,8-9H2,1-4H3. The van der Waals surface area contributed by atoms with Gasteiger partial charge in [-0.3, -0.25) is 0 Å². The van der Waals surface area contributed by atoms with E-state index in [4.69, 9.17) is 9.40 Å². The lowest BCUT2D eigenvalue weighted by Gasteiger charge is -2.34. The van der Waals surface area contributed by atoms with E-state index in [0.717, 1.165) is 29.3 Å². The van der Waals surface area contributed by atoms with Crippen LogP contribution in [0.15, 0.2) is 16.7 Å². The van der Waals surface area contributed by atoms with Gasteiger partial charge in [0.05, 0.1) is 17.5 Å². The molecular weight excluding hydrogens is 268 g/mol. The van der Waals surface area contributed by atoms with Crippen molar-refractivity contribution in [2.75, 3.05) is 6.54 Å². The van der Waals surface area contributed by atoms with Gasteiger partial charge in [-0.15, -0.1) is 11.3 Å². The molecule has 3 rings (SSSR count). The summed E-state index contributed by atoms with van der Waals surface area (Å²) in [5.74, 6) is 0.954. The molecule has 0 spiro atoms. The van der Waals surface area contributed by atoms with Crippen LogP contribution in [-0.4, -0.2) is 11.5 Å². The SMILES string of the molecule is CCNC1CC(C)(C)Cc2nc(-c3ccoc3C)sc21. The molecule has 1 N–H and O–H groups in total. The first-order valence-electron chi connectivity index (χ1n) is 7.27. The maximum absolute atomic E-state index is 5.42. The second kappa shape index (κ2) is 5.01. The number of aryl methyl sites for hydroxylation is 1. The van der Waals surface area contributed by atoms with Crippen molar-refractivity contribution in [1.82, 2.24) is 10.3 Å². The van der Waals surface area contributed by atoms with Crippen molar-refractivity contribution in [3.8, 4) is 10.6 Å². The summed E-state index contributed by atoms with van der Waals surface area (Å²) in [4.78, 5) is 6.32. The molecule has 20 heavy (non-hydrogen) atoms. The molecule has 0 radical (unpaired) electrons. The average molecular weight is 290 g/mol. The fourth-order valence-electron chi connectivity index (χ4n) is 3.07. The van der Waals surface area contributed by atoms with Gasteiger partial charge in [0, 0.05) is 10.9 Å².